The fraction of sp³-hybridized carbons (Fsp3) is 0.545. The smallest absolute Gasteiger partial charge is 0.381 e. The van der Waals surface area contributed by atoms with Crippen LogP contribution in [-0.4, -0.2) is 38.1 Å². The molecule has 0 bridgehead atoms. The molecule has 0 unspecified atom stereocenters. The second kappa shape index (κ2) is 15.3. The number of rotatable bonds is 7. The van der Waals surface area contributed by atoms with Gasteiger partial charge in [-0.15, -0.1) is 5.92 Å². The molecule has 1 saturated carbocycles. The minimum absolute atomic E-state index is 0. The maximum absolute atomic E-state index is 5.71. The zero-order chi connectivity index (χ0) is 18.5. The summed E-state index contributed by atoms with van der Waals surface area (Å²) in [5, 5.41) is 0. The molecule has 3 nitrogen and oxygen atoms in total. The van der Waals surface area contributed by atoms with E-state index >= 15 is 0 Å². The average Bonchev–Trinajstić information content (AvgIpc) is 2.59. The summed E-state index contributed by atoms with van der Waals surface area (Å²) in [6.45, 7) is 12.1. The Balaban J connectivity index is 0.000000464. The van der Waals surface area contributed by atoms with Crippen LogP contribution in [0.2, 0.25) is 0 Å². The van der Waals surface area contributed by atoms with E-state index in [0.29, 0.717) is 18.8 Å². The maximum Gasteiger partial charge on any atom is 1.00 e. The van der Waals surface area contributed by atoms with Crippen LogP contribution in [0.3, 0.4) is 0 Å². The molecule has 26 heavy (non-hydrogen) atoms. The number of ether oxygens (including phenoxy) is 3. The number of methoxy groups -OCH3 is 1. The zero-order valence-corrected chi connectivity index (χ0v) is 16.8. The van der Waals surface area contributed by atoms with E-state index in [1.807, 2.05) is 38.1 Å². The van der Waals surface area contributed by atoms with Crippen molar-refractivity contribution in [2.24, 2.45) is 0 Å². The Morgan fingerprint density at radius 2 is 1.92 bits per heavy atom. The van der Waals surface area contributed by atoms with Crippen molar-refractivity contribution >= 4 is 0 Å². The van der Waals surface area contributed by atoms with Crippen LogP contribution in [-0.2, 0) is 14.2 Å². The summed E-state index contributed by atoms with van der Waals surface area (Å²) >= 11 is 0. The molecule has 0 saturated heterocycles. The summed E-state index contributed by atoms with van der Waals surface area (Å²) < 4.78 is 16.1. The Kier molecular flexibility index (Phi) is 14.9. The van der Waals surface area contributed by atoms with Gasteiger partial charge in [0.1, 0.15) is 6.61 Å². The predicted octanol–water partition coefficient (Wildman–Crippen LogP) is 1.26. The Hall–Kier alpha value is -0.743. The molecule has 1 fully saturated rings. The van der Waals surface area contributed by atoms with E-state index in [9.17, 15) is 0 Å². The molecule has 0 N–H and O–H groups in total. The third-order valence-electron chi connectivity index (χ3n) is 3.84. The van der Waals surface area contributed by atoms with Gasteiger partial charge in [-0.25, -0.2) is 0 Å². The van der Waals surface area contributed by atoms with Gasteiger partial charge in [-0.3, -0.25) is 0 Å². The molecule has 0 radical (unpaired) electrons. The maximum atomic E-state index is 5.71. The number of hydrogen-bond acceptors (Lipinski definition) is 3. The summed E-state index contributed by atoms with van der Waals surface area (Å²) in [7, 11) is 1.75. The molecular formula is C22H31LiO3-2. The molecule has 0 atom stereocenters. The van der Waals surface area contributed by atoms with Crippen molar-refractivity contribution in [2.75, 3.05) is 13.7 Å². The first-order valence-corrected chi connectivity index (χ1v) is 8.92. The van der Waals surface area contributed by atoms with Crippen molar-refractivity contribution in [2.45, 2.75) is 63.9 Å². The molecule has 0 aliphatic heterocycles. The summed E-state index contributed by atoms with van der Waals surface area (Å²) in [5.41, 5.74) is 0.981. The van der Waals surface area contributed by atoms with Gasteiger partial charge in [0.2, 0.25) is 0 Å². The van der Waals surface area contributed by atoms with Crippen LogP contribution < -0.4 is 18.9 Å². The Labute approximate surface area is 172 Å². The summed E-state index contributed by atoms with van der Waals surface area (Å²) in [4.78, 5) is 0. The zero-order valence-electron chi connectivity index (χ0n) is 16.8. The Morgan fingerprint density at radius 1 is 1.23 bits per heavy atom. The third-order valence-corrected chi connectivity index (χ3v) is 3.84. The van der Waals surface area contributed by atoms with Crippen LogP contribution in [0.15, 0.2) is 24.3 Å². The standard InChI is InChI=1S/C12H13O.C10H18O2.Li/c1-11(2)13-10-6-9-12-7-4-3-5-8-12;1-4-8(5-2)12-10-6-9(7-10)11-3;/h3-4,7-8,11H,10H2,1-2H3;8-10H,1-2,4-7H2,3H3;/q-1;-2;+1. The second-order valence-corrected chi connectivity index (χ2v) is 6.24. The quantitative estimate of drug-likeness (QED) is 0.421. The first-order valence-electron chi connectivity index (χ1n) is 8.92. The molecule has 1 aromatic rings. The van der Waals surface area contributed by atoms with Crippen molar-refractivity contribution in [1.82, 2.24) is 0 Å². The van der Waals surface area contributed by atoms with E-state index in [0.717, 1.165) is 31.2 Å². The fourth-order valence-electron chi connectivity index (χ4n) is 2.19. The first kappa shape index (κ1) is 25.3. The van der Waals surface area contributed by atoms with Crippen molar-refractivity contribution in [1.29, 1.82) is 0 Å². The van der Waals surface area contributed by atoms with Gasteiger partial charge in [-0.05, 0) is 26.7 Å². The Bertz CT molecular complexity index is 497. The summed E-state index contributed by atoms with van der Waals surface area (Å²) in [5.74, 6) is 5.93. The van der Waals surface area contributed by atoms with Crippen LogP contribution in [0.1, 0.15) is 45.1 Å². The van der Waals surface area contributed by atoms with Gasteiger partial charge >= 0.3 is 18.9 Å². The Morgan fingerprint density at radius 3 is 2.42 bits per heavy atom. The van der Waals surface area contributed by atoms with Crippen LogP contribution >= 0.6 is 0 Å². The molecule has 0 aromatic heterocycles. The molecule has 0 heterocycles. The van der Waals surface area contributed by atoms with E-state index < -0.39 is 0 Å². The van der Waals surface area contributed by atoms with E-state index in [4.69, 9.17) is 14.2 Å². The van der Waals surface area contributed by atoms with E-state index in [-0.39, 0.29) is 31.1 Å². The van der Waals surface area contributed by atoms with Gasteiger partial charge in [-0.1, -0.05) is 11.5 Å². The molecule has 2 rings (SSSR count). The van der Waals surface area contributed by atoms with Crippen LogP contribution in [0.5, 0.6) is 0 Å². The number of benzene rings is 1. The molecule has 140 valence electrons. The SMILES string of the molecule is CC(C)OCC#Cc1c[c-]ccc1.[CH2-]CC(C[CH2-])OC1CC(OC)C1.[Li+]. The summed E-state index contributed by atoms with van der Waals surface area (Å²) in [6, 6.07) is 10.6. The van der Waals surface area contributed by atoms with E-state index in [2.05, 4.69) is 31.8 Å². The fourth-order valence-corrected chi connectivity index (χ4v) is 2.19. The molecule has 1 aromatic carbocycles. The van der Waals surface area contributed by atoms with E-state index in [1.54, 1.807) is 7.11 Å². The van der Waals surface area contributed by atoms with Crippen molar-refractivity contribution in [3.8, 4) is 11.8 Å². The van der Waals surface area contributed by atoms with Crippen molar-refractivity contribution < 1.29 is 33.1 Å². The van der Waals surface area contributed by atoms with Gasteiger partial charge in [0.25, 0.3) is 0 Å². The molecule has 1 aliphatic carbocycles. The molecule has 0 spiro atoms. The minimum Gasteiger partial charge on any atom is -0.381 e. The molecule has 0 amide bonds. The second-order valence-electron chi connectivity index (χ2n) is 6.24. The largest absolute Gasteiger partial charge is 1.00 e. The monoisotopic (exact) mass is 350 g/mol. The number of hydrogen-bond donors (Lipinski definition) is 0. The predicted molar refractivity (Wildman–Crippen MR) is 102 cm³/mol. The van der Waals surface area contributed by atoms with Crippen molar-refractivity contribution in [3.05, 3.63) is 49.7 Å². The first-order chi connectivity index (χ1) is 12.1. The minimum atomic E-state index is 0. The third kappa shape index (κ3) is 11.1. The van der Waals surface area contributed by atoms with Crippen LogP contribution in [0.4, 0.5) is 0 Å². The van der Waals surface area contributed by atoms with Crippen LogP contribution in [0.25, 0.3) is 0 Å². The molecule has 4 heteroatoms. The van der Waals surface area contributed by atoms with E-state index in [1.165, 1.54) is 0 Å². The van der Waals surface area contributed by atoms with Gasteiger partial charge in [0.05, 0.1) is 18.3 Å². The normalized spacial score (nSPS) is 18.1. The van der Waals surface area contributed by atoms with Gasteiger partial charge in [-0.2, -0.15) is 43.2 Å². The molecule has 1 aliphatic rings. The van der Waals surface area contributed by atoms with Gasteiger partial charge < -0.3 is 28.1 Å². The van der Waals surface area contributed by atoms with Gasteiger partial charge in [0, 0.05) is 13.2 Å². The topological polar surface area (TPSA) is 27.7 Å². The summed E-state index contributed by atoms with van der Waals surface area (Å²) in [6.07, 6.45) is 5.01. The average molecular weight is 350 g/mol. The van der Waals surface area contributed by atoms with Crippen molar-refractivity contribution in [3.63, 3.8) is 0 Å². The molecular weight excluding hydrogens is 319 g/mol. The van der Waals surface area contributed by atoms with Crippen LogP contribution in [0, 0.1) is 31.8 Å². The van der Waals surface area contributed by atoms with Gasteiger partial charge in [0.15, 0.2) is 0 Å².